The van der Waals surface area contributed by atoms with Crippen molar-refractivity contribution >= 4 is 21.8 Å². The first-order valence-electron chi connectivity index (χ1n) is 9.70. The van der Waals surface area contributed by atoms with Gasteiger partial charge in [-0.05, 0) is 42.7 Å². The maximum absolute atomic E-state index is 12.9. The second-order valence-corrected chi connectivity index (χ2v) is 9.07. The van der Waals surface area contributed by atoms with Crippen molar-refractivity contribution in [2.75, 3.05) is 19.6 Å². The van der Waals surface area contributed by atoms with Gasteiger partial charge < -0.3 is 10.6 Å². The van der Waals surface area contributed by atoms with Crippen LogP contribution in [-0.4, -0.2) is 44.2 Å². The zero-order valence-corrected chi connectivity index (χ0v) is 17.2. The molecule has 1 heterocycles. The summed E-state index contributed by atoms with van der Waals surface area (Å²) >= 11 is 0. The van der Waals surface area contributed by atoms with E-state index in [2.05, 4.69) is 10.6 Å². The Kier molecular flexibility index (Phi) is 7.17. The molecule has 2 aromatic carbocycles. The highest BCUT2D eigenvalue weighted by atomic mass is 32.2. The first kappa shape index (κ1) is 21.9. The van der Waals surface area contributed by atoms with Gasteiger partial charge in [-0.2, -0.15) is 4.31 Å². The standard InChI is InChI=1S/C21H24FN3O4S/c22-18-10-8-16(9-11-18)13-23-20(26)14-24-21(27)17-5-4-12-25(15-17)30(28,29)19-6-2-1-3-7-19/h1-3,6-11,17H,4-5,12-15H2,(H,23,26)(H,24,27)/t17-/m1/s1. The van der Waals surface area contributed by atoms with Crippen LogP contribution >= 0.6 is 0 Å². The van der Waals surface area contributed by atoms with E-state index in [0.29, 0.717) is 19.4 Å². The van der Waals surface area contributed by atoms with Gasteiger partial charge in [0.25, 0.3) is 0 Å². The summed E-state index contributed by atoms with van der Waals surface area (Å²) in [6.45, 7) is 0.461. The van der Waals surface area contributed by atoms with Crippen LogP contribution in [0.25, 0.3) is 0 Å². The monoisotopic (exact) mass is 433 g/mol. The van der Waals surface area contributed by atoms with Gasteiger partial charge >= 0.3 is 0 Å². The van der Waals surface area contributed by atoms with Crippen molar-refractivity contribution in [2.45, 2.75) is 24.3 Å². The van der Waals surface area contributed by atoms with E-state index in [0.717, 1.165) is 5.56 Å². The predicted molar refractivity (Wildman–Crippen MR) is 109 cm³/mol. The van der Waals surface area contributed by atoms with Crippen LogP contribution in [0.15, 0.2) is 59.5 Å². The maximum Gasteiger partial charge on any atom is 0.243 e. The molecule has 2 N–H and O–H groups in total. The molecule has 7 nitrogen and oxygen atoms in total. The fourth-order valence-electron chi connectivity index (χ4n) is 3.29. The van der Waals surface area contributed by atoms with Gasteiger partial charge in [-0.1, -0.05) is 30.3 Å². The molecule has 160 valence electrons. The number of amides is 2. The molecule has 0 bridgehead atoms. The van der Waals surface area contributed by atoms with E-state index in [1.54, 1.807) is 30.3 Å². The van der Waals surface area contributed by atoms with Crippen LogP contribution in [0.2, 0.25) is 0 Å². The number of rotatable bonds is 7. The van der Waals surface area contributed by atoms with E-state index in [9.17, 15) is 22.4 Å². The summed E-state index contributed by atoms with van der Waals surface area (Å²) in [7, 11) is -3.65. The number of hydrogen-bond donors (Lipinski definition) is 2. The summed E-state index contributed by atoms with van der Waals surface area (Å²) in [5.41, 5.74) is 0.741. The molecule has 1 aliphatic rings. The van der Waals surface area contributed by atoms with Crippen LogP contribution < -0.4 is 10.6 Å². The second kappa shape index (κ2) is 9.82. The minimum Gasteiger partial charge on any atom is -0.350 e. The number of sulfonamides is 1. The first-order chi connectivity index (χ1) is 14.4. The third-order valence-electron chi connectivity index (χ3n) is 4.96. The van der Waals surface area contributed by atoms with Crippen LogP contribution in [0.5, 0.6) is 0 Å². The number of nitrogens with one attached hydrogen (secondary N) is 2. The Morgan fingerprint density at radius 3 is 2.43 bits per heavy atom. The largest absolute Gasteiger partial charge is 0.350 e. The van der Waals surface area contributed by atoms with Crippen LogP contribution in [0.1, 0.15) is 18.4 Å². The molecule has 1 saturated heterocycles. The van der Waals surface area contributed by atoms with Crippen LogP contribution in [0.3, 0.4) is 0 Å². The molecule has 0 radical (unpaired) electrons. The van der Waals surface area contributed by atoms with Crippen molar-refractivity contribution in [1.82, 2.24) is 14.9 Å². The summed E-state index contributed by atoms with van der Waals surface area (Å²) in [5, 5.41) is 5.23. The highest BCUT2D eigenvalue weighted by Gasteiger charge is 2.33. The summed E-state index contributed by atoms with van der Waals surface area (Å²) in [6.07, 6.45) is 1.13. The van der Waals surface area contributed by atoms with E-state index in [-0.39, 0.29) is 42.2 Å². The molecular formula is C21H24FN3O4S. The molecule has 0 saturated carbocycles. The molecule has 3 rings (SSSR count). The Balaban J connectivity index is 1.49. The van der Waals surface area contributed by atoms with Gasteiger partial charge in [-0.25, -0.2) is 12.8 Å². The summed E-state index contributed by atoms with van der Waals surface area (Å²) in [5.74, 6) is -1.59. The minimum absolute atomic E-state index is 0.0836. The molecule has 0 unspecified atom stereocenters. The van der Waals surface area contributed by atoms with Gasteiger partial charge in [-0.3, -0.25) is 9.59 Å². The fourth-order valence-corrected chi connectivity index (χ4v) is 4.84. The molecule has 0 aromatic heterocycles. The zero-order valence-electron chi connectivity index (χ0n) is 16.4. The van der Waals surface area contributed by atoms with Crippen molar-refractivity contribution in [1.29, 1.82) is 0 Å². The quantitative estimate of drug-likeness (QED) is 0.694. The molecule has 1 atom stereocenters. The molecule has 0 spiro atoms. The number of hydrogen-bond acceptors (Lipinski definition) is 4. The average Bonchev–Trinajstić information content (AvgIpc) is 2.77. The number of carbonyl (C=O) groups is 2. The Morgan fingerprint density at radius 2 is 1.73 bits per heavy atom. The van der Waals surface area contributed by atoms with Crippen LogP contribution in [0, 0.1) is 11.7 Å². The van der Waals surface area contributed by atoms with Crippen molar-refractivity contribution in [2.24, 2.45) is 5.92 Å². The topological polar surface area (TPSA) is 95.6 Å². The summed E-state index contributed by atoms with van der Waals surface area (Å²) in [6, 6.07) is 13.9. The lowest BCUT2D eigenvalue weighted by molar-refractivity contribution is -0.129. The molecule has 2 aromatic rings. The van der Waals surface area contributed by atoms with Crippen LogP contribution in [0.4, 0.5) is 4.39 Å². The second-order valence-electron chi connectivity index (χ2n) is 7.14. The SMILES string of the molecule is O=C(CNC(=O)[C@@H]1CCCN(S(=O)(=O)c2ccccc2)C1)NCc1ccc(F)cc1. The van der Waals surface area contributed by atoms with Crippen molar-refractivity contribution in [3.63, 3.8) is 0 Å². The van der Waals surface area contributed by atoms with E-state index >= 15 is 0 Å². The van der Waals surface area contributed by atoms with E-state index < -0.39 is 15.9 Å². The van der Waals surface area contributed by atoms with Gasteiger partial charge in [0, 0.05) is 19.6 Å². The zero-order chi connectivity index (χ0) is 21.6. The first-order valence-corrected chi connectivity index (χ1v) is 11.1. The average molecular weight is 434 g/mol. The molecule has 9 heteroatoms. The third kappa shape index (κ3) is 5.64. The lowest BCUT2D eigenvalue weighted by atomic mass is 9.99. The van der Waals surface area contributed by atoms with Crippen LogP contribution in [-0.2, 0) is 26.2 Å². The highest BCUT2D eigenvalue weighted by Crippen LogP contribution is 2.23. The highest BCUT2D eigenvalue weighted by molar-refractivity contribution is 7.89. The van der Waals surface area contributed by atoms with Gasteiger partial charge in [-0.15, -0.1) is 0 Å². The van der Waals surface area contributed by atoms with Gasteiger partial charge in [0.1, 0.15) is 5.82 Å². The number of carbonyl (C=O) groups excluding carboxylic acids is 2. The summed E-state index contributed by atoms with van der Waals surface area (Å²) in [4.78, 5) is 24.6. The lowest BCUT2D eigenvalue weighted by Gasteiger charge is -2.31. The van der Waals surface area contributed by atoms with Crippen molar-refractivity contribution in [3.8, 4) is 0 Å². The maximum atomic E-state index is 12.9. The molecule has 1 aliphatic heterocycles. The van der Waals surface area contributed by atoms with Gasteiger partial charge in [0.15, 0.2) is 0 Å². The predicted octanol–water partition coefficient (Wildman–Crippen LogP) is 1.66. The van der Waals surface area contributed by atoms with E-state index in [4.69, 9.17) is 0 Å². The van der Waals surface area contributed by atoms with Gasteiger partial charge in [0.05, 0.1) is 17.4 Å². The molecule has 2 amide bonds. The lowest BCUT2D eigenvalue weighted by Crippen LogP contribution is -2.47. The van der Waals surface area contributed by atoms with Crippen molar-refractivity contribution < 1.29 is 22.4 Å². The Morgan fingerprint density at radius 1 is 1.03 bits per heavy atom. The number of benzene rings is 2. The number of nitrogens with zero attached hydrogens (tertiary/aromatic N) is 1. The smallest absolute Gasteiger partial charge is 0.243 e. The molecule has 30 heavy (non-hydrogen) atoms. The number of halogens is 1. The minimum atomic E-state index is -3.65. The Bertz CT molecular complexity index is 981. The Hall–Kier alpha value is -2.78. The Labute approximate surface area is 175 Å². The van der Waals surface area contributed by atoms with E-state index in [1.165, 1.54) is 28.6 Å². The van der Waals surface area contributed by atoms with E-state index in [1.807, 2.05) is 0 Å². The fraction of sp³-hybridized carbons (Fsp3) is 0.333. The summed E-state index contributed by atoms with van der Waals surface area (Å²) < 4.78 is 39.8. The number of piperidine rings is 1. The molecular weight excluding hydrogens is 409 g/mol. The van der Waals surface area contributed by atoms with Gasteiger partial charge in [0.2, 0.25) is 21.8 Å². The normalized spacial score (nSPS) is 17.3. The molecule has 1 fully saturated rings. The third-order valence-corrected chi connectivity index (χ3v) is 6.84. The van der Waals surface area contributed by atoms with Crippen molar-refractivity contribution in [3.05, 3.63) is 66.0 Å². The molecule has 0 aliphatic carbocycles.